The topological polar surface area (TPSA) is 8.81 Å². The SMILES string of the molecule is CCCc1n(Cc2ccccc2)cc[n+]1C. The Balaban J connectivity index is 2.21. The third-order valence-electron chi connectivity index (χ3n) is 2.88. The predicted octanol–water partition coefficient (Wildman–Crippen LogP) is 2.31. The summed E-state index contributed by atoms with van der Waals surface area (Å²) >= 11 is 0. The van der Waals surface area contributed by atoms with Crippen LogP contribution in [0.25, 0.3) is 0 Å². The summed E-state index contributed by atoms with van der Waals surface area (Å²) in [5, 5.41) is 0. The van der Waals surface area contributed by atoms with Crippen molar-refractivity contribution >= 4 is 0 Å². The van der Waals surface area contributed by atoms with Gasteiger partial charge in [0.05, 0.1) is 7.05 Å². The molecule has 1 heterocycles. The van der Waals surface area contributed by atoms with Gasteiger partial charge in [0.2, 0.25) is 0 Å². The lowest BCUT2D eigenvalue weighted by atomic mass is 10.2. The zero-order chi connectivity index (χ0) is 11.4. The van der Waals surface area contributed by atoms with E-state index >= 15 is 0 Å². The summed E-state index contributed by atoms with van der Waals surface area (Å²) in [4.78, 5) is 0. The van der Waals surface area contributed by atoms with Crippen LogP contribution < -0.4 is 4.57 Å². The fraction of sp³-hybridized carbons (Fsp3) is 0.357. The predicted molar refractivity (Wildman–Crippen MR) is 65.1 cm³/mol. The fourth-order valence-electron chi connectivity index (χ4n) is 2.02. The van der Waals surface area contributed by atoms with Gasteiger partial charge in [0, 0.05) is 6.42 Å². The van der Waals surface area contributed by atoms with Crippen LogP contribution in [0.4, 0.5) is 0 Å². The molecule has 0 spiro atoms. The molecule has 2 aromatic rings. The maximum atomic E-state index is 2.33. The van der Waals surface area contributed by atoms with Crippen molar-refractivity contribution in [1.82, 2.24) is 4.57 Å². The minimum atomic E-state index is 0.969. The van der Waals surface area contributed by atoms with E-state index in [0.29, 0.717) is 0 Å². The van der Waals surface area contributed by atoms with Gasteiger partial charge in [-0.1, -0.05) is 37.3 Å². The second kappa shape index (κ2) is 4.97. The van der Waals surface area contributed by atoms with E-state index in [1.54, 1.807) is 0 Å². The van der Waals surface area contributed by atoms with Gasteiger partial charge in [-0.2, -0.15) is 0 Å². The average molecular weight is 215 g/mol. The van der Waals surface area contributed by atoms with E-state index < -0.39 is 0 Å². The summed E-state index contributed by atoms with van der Waals surface area (Å²) in [5.41, 5.74) is 1.36. The first kappa shape index (κ1) is 10.9. The van der Waals surface area contributed by atoms with E-state index in [1.807, 2.05) is 0 Å². The lowest BCUT2D eigenvalue weighted by Gasteiger charge is -2.02. The summed E-state index contributed by atoms with van der Waals surface area (Å²) in [6.07, 6.45) is 6.62. The zero-order valence-corrected chi connectivity index (χ0v) is 10.1. The molecular formula is C14H19N2+. The van der Waals surface area contributed by atoms with Crippen LogP contribution in [0.3, 0.4) is 0 Å². The molecule has 0 saturated heterocycles. The first-order valence-corrected chi connectivity index (χ1v) is 5.89. The van der Waals surface area contributed by atoms with Crippen LogP contribution in [-0.4, -0.2) is 4.57 Å². The molecule has 0 aliphatic heterocycles. The van der Waals surface area contributed by atoms with Gasteiger partial charge in [-0.25, -0.2) is 9.13 Å². The van der Waals surface area contributed by atoms with E-state index in [0.717, 1.165) is 13.0 Å². The van der Waals surface area contributed by atoms with Crippen molar-refractivity contribution in [3.05, 3.63) is 54.1 Å². The van der Waals surface area contributed by atoms with E-state index in [-0.39, 0.29) is 0 Å². The normalized spacial score (nSPS) is 10.6. The van der Waals surface area contributed by atoms with E-state index in [9.17, 15) is 0 Å². The molecule has 16 heavy (non-hydrogen) atoms. The number of hydrogen-bond acceptors (Lipinski definition) is 0. The van der Waals surface area contributed by atoms with Gasteiger partial charge in [-0.3, -0.25) is 0 Å². The number of nitrogens with zero attached hydrogens (tertiary/aromatic N) is 2. The van der Waals surface area contributed by atoms with Crippen molar-refractivity contribution in [2.24, 2.45) is 7.05 Å². The Morgan fingerprint density at radius 1 is 1.19 bits per heavy atom. The van der Waals surface area contributed by atoms with Crippen molar-refractivity contribution in [2.45, 2.75) is 26.3 Å². The molecule has 0 fully saturated rings. The summed E-state index contributed by atoms with van der Waals surface area (Å²) < 4.78 is 4.55. The van der Waals surface area contributed by atoms with Gasteiger partial charge < -0.3 is 0 Å². The molecule has 0 bridgehead atoms. The van der Waals surface area contributed by atoms with Crippen LogP contribution in [0, 0.1) is 0 Å². The summed E-state index contributed by atoms with van der Waals surface area (Å²) in [7, 11) is 2.12. The maximum Gasteiger partial charge on any atom is 0.256 e. The molecule has 0 radical (unpaired) electrons. The van der Waals surface area contributed by atoms with E-state index in [4.69, 9.17) is 0 Å². The molecule has 0 aliphatic rings. The molecule has 84 valence electrons. The van der Waals surface area contributed by atoms with Gasteiger partial charge in [0.1, 0.15) is 18.9 Å². The largest absolute Gasteiger partial charge is 0.256 e. The first-order valence-electron chi connectivity index (χ1n) is 5.89. The Kier molecular flexibility index (Phi) is 3.40. The first-order chi connectivity index (χ1) is 7.81. The molecule has 1 aromatic carbocycles. The van der Waals surface area contributed by atoms with Gasteiger partial charge in [-0.15, -0.1) is 0 Å². The second-order valence-electron chi connectivity index (χ2n) is 4.19. The van der Waals surface area contributed by atoms with Crippen molar-refractivity contribution in [1.29, 1.82) is 0 Å². The monoisotopic (exact) mass is 215 g/mol. The van der Waals surface area contributed by atoms with Crippen molar-refractivity contribution in [3.8, 4) is 0 Å². The van der Waals surface area contributed by atoms with Crippen LogP contribution in [0.15, 0.2) is 42.7 Å². The molecule has 0 unspecified atom stereocenters. The third kappa shape index (κ3) is 2.32. The quantitative estimate of drug-likeness (QED) is 0.692. The number of hydrogen-bond donors (Lipinski definition) is 0. The lowest BCUT2D eigenvalue weighted by molar-refractivity contribution is -0.678. The minimum absolute atomic E-state index is 0.969. The third-order valence-corrected chi connectivity index (χ3v) is 2.88. The van der Waals surface area contributed by atoms with Gasteiger partial charge in [0.15, 0.2) is 0 Å². The fourth-order valence-corrected chi connectivity index (χ4v) is 2.02. The number of benzene rings is 1. The number of rotatable bonds is 4. The molecule has 0 saturated carbocycles. The molecular weight excluding hydrogens is 196 g/mol. The highest BCUT2D eigenvalue weighted by Gasteiger charge is 2.13. The molecule has 0 aliphatic carbocycles. The second-order valence-corrected chi connectivity index (χ2v) is 4.19. The Bertz CT molecular complexity index is 443. The molecule has 0 atom stereocenters. The van der Waals surface area contributed by atoms with Crippen LogP contribution in [0.5, 0.6) is 0 Å². The number of aryl methyl sites for hydroxylation is 1. The van der Waals surface area contributed by atoms with Crippen LogP contribution >= 0.6 is 0 Å². The van der Waals surface area contributed by atoms with Crippen molar-refractivity contribution in [3.63, 3.8) is 0 Å². The highest BCUT2D eigenvalue weighted by molar-refractivity contribution is 5.15. The number of imidazole rings is 1. The molecule has 0 amide bonds. The van der Waals surface area contributed by atoms with Crippen LogP contribution in [0.2, 0.25) is 0 Å². The molecule has 1 aromatic heterocycles. The van der Waals surface area contributed by atoms with Gasteiger partial charge >= 0.3 is 0 Å². The zero-order valence-electron chi connectivity index (χ0n) is 10.1. The summed E-state index contributed by atoms with van der Waals surface area (Å²) in [5.74, 6) is 1.39. The molecule has 0 N–H and O–H groups in total. The standard InChI is InChI=1S/C14H19N2/c1-3-7-14-15(2)10-11-16(14)12-13-8-5-4-6-9-13/h4-6,8-11H,3,7,12H2,1-2H3/q+1. The van der Waals surface area contributed by atoms with Gasteiger partial charge in [0.25, 0.3) is 5.82 Å². The average Bonchev–Trinajstić information content (AvgIpc) is 2.64. The van der Waals surface area contributed by atoms with Crippen LogP contribution in [-0.2, 0) is 20.0 Å². The van der Waals surface area contributed by atoms with Crippen LogP contribution in [0.1, 0.15) is 24.7 Å². The molecule has 2 rings (SSSR count). The summed E-state index contributed by atoms with van der Waals surface area (Å²) in [6, 6.07) is 10.6. The van der Waals surface area contributed by atoms with Crippen molar-refractivity contribution in [2.75, 3.05) is 0 Å². The Labute approximate surface area is 97.2 Å². The Hall–Kier alpha value is -1.57. The van der Waals surface area contributed by atoms with E-state index in [2.05, 4.69) is 65.8 Å². The number of aromatic nitrogens is 2. The lowest BCUT2D eigenvalue weighted by Crippen LogP contribution is -2.32. The van der Waals surface area contributed by atoms with Gasteiger partial charge in [-0.05, 0) is 12.0 Å². The van der Waals surface area contributed by atoms with Crippen molar-refractivity contribution < 1.29 is 4.57 Å². The smallest absolute Gasteiger partial charge is 0.237 e. The maximum absolute atomic E-state index is 2.33. The summed E-state index contributed by atoms with van der Waals surface area (Å²) in [6.45, 7) is 3.19. The Morgan fingerprint density at radius 3 is 2.62 bits per heavy atom. The van der Waals surface area contributed by atoms with E-state index in [1.165, 1.54) is 17.8 Å². The molecule has 2 nitrogen and oxygen atoms in total. The highest BCUT2D eigenvalue weighted by Crippen LogP contribution is 2.05. The minimum Gasteiger partial charge on any atom is -0.237 e. The molecule has 2 heteroatoms. The Morgan fingerprint density at radius 2 is 1.94 bits per heavy atom. The highest BCUT2D eigenvalue weighted by atomic mass is 15.1.